The Morgan fingerprint density at radius 3 is 3.13 bits per heavy atom. The number of nitrogens with one attached hydrogen (secondary N) is 1. The highest BCUT2D eigenvalue weighted by Crippen LogP contribution is 2.08. The van der Waals surface area contributed by atoms with Crippen LogP contribution in [0.2, 0.25) is 0 Å². The van der Waals surface area contributed by atoms with Crippen LogP contribution in [0.4, 0.5) is 0 Å². The Labute approximate surface area is 91.3 Å². The van der Waals surface area contributed by atoms with Crippen LogP contribution in [0.3, 0.4) is 0 Å². The monoisotopic (exact) mass is 212 g/mol. The van der Waals surface area contributed by atoms with Crippen molar-refractivity contribution in [2.24, 2.45) is 0 Å². The molecule has 0 aliphatic carbocycles. The van der Waals surface area contributed by atoms with E-state index in [-0.39, 0.29) is 5.91 Å². The zero-order valence-corrected chi connectivity index (χ0v) is 9.58. The molecule has 0 fully saturated rings. The van der Waals surface area contributed by atoms with Crippen molar-refractivity contribution in [2.75, 3.05) is 39.9 Å². The smallest absolute Gasteiger partial charge is 0.236 e. The van der Waals surface area contributed by atoms with Crippen molar-refractivity contribution in [3.63, 3.8) is 0 Å². The molecule has 1 amide bonds. The van der Waals surface area contributed by atoms with Gasteiger partial charge >= 0.3 is 0 Å². The predicted octanol–water partition coefficient (Wildman–Crippen LogP) is 0.401. The van der Waals surface area contributed by atoms with Gasteiger partial charge in [0.2, 0.25) is 5.91 Å². The van der Waals surface area contributed by atoms with Crippen LogP contribution < -0.4 is 5.32 Å². The van der Waals surface area contributed by atoms with Crippen LogP contribution in [-0.2, 0) is 9.53 Å². The van der Waals surface area contributed by atoms with Gasteiger partial charge in [0.25, 0.3) is 0 Å². The molecule has 0 aromatic heterocycles. The summed E-state index contributed by atoms with van der Waals surface area (Å²) in [5, 5.41) is 3.06. The van der Waals surface area contributed by atoms with Crippen LogP contribution in [0.1, 0.15) is 13.3 Å². The van der Waals surface area contributed by atoms with Gasteiger partial charge in [0.1, 0.15) is 0 Å². The van der Waals surface area contributed by atoms with Crippen molar-refractivity contribution in [2.45, 2.75) is 13.3 Å². The molecule has 1 N–H and O–H groups in total. The molecule has 15 heavy (non-hydrogen) atoms. The molecule has 1 aliphatic rings. The summed E-state index contributed by atoms with van der Waals surface area (Å²) in [6, 6.07) is 0. The number of rotatable bonds is 5. The minimum atomic E-state index is 0.179. The first-order valence-electron chi connectivity index (χ1n) is 5.37. The van der Waals surface area contributed by atoms with Crippen molar-refractivity contribution >= 4 is 5.91 Å². The van der Waals surface area contributed by atoms with Crippen molar-refractivity contribution in [1.82, 2.24) is 10.2 Å². The molecule has 0 radical (unpaired) electrons. The van der Waals surface area contributed by atoms with E-state index in [1.807, 2.05) is 4.90 Å². The summed E-state index contributed by atoms with van der Waals surface area (Å²) in [5.74, 6) is 0.179. The van der Waals surface area contributed by atoms with Crippen molar-refractivity contribution < 1.29 is 9.53 Å². The zero-order valence-electron chi connectivity index (χ0n) is 9.58. The Balaban J connectivity index is 2.19. The lowest BCUT2D eigenvalue weighted by molar-refractivity contribution is -0.130. The third-order valence-electron chi connectivity index (χ3n) is 2.44. The van der Waals surface area contributed by atoms with Gasteiger partial charge in [-0.15, -0.1) is 0 Å². The van der Waals surface area contributed by atoms with Crippen LogP contribution in [0.25, 0.3) is 0 Å². The summed E-state index contributed by atoms with van der Waals surface area (Å²) in [4.78, 5) is 13.6. The lowest BCUT2D eigenvalue weighted by atomic mass is 10.1. The van der Waals surface area contributed by atoms with E-state index in [1.165, 1.54) is 5.57 Å². The van der Waals surface area contributed by atoms with E-state index in [1.54, 1.807) is 7.11 Å². The second-order valence-corrected chi connectivity index (χ2v) is 3.82. The molecular weight excluding hydrogens is 192 g/mol. The van der Waals surface area contributed by atoms with Crippen molar-refractivity contribution in [3.05, 3.63) is 11.6 Å². The topological polar surface area (TPSA) is 41.6 Å². The minimum absolute atomic E-state index is 0.179. The summed E-state index contributed by atoms with van der Waals surface area (Å²) in [7, 11) is 1.66. The van der Waals surface area contributed by atoms with Crippen molar-refractivity contribution in [3.8, 4) is 0 Å². The van der Waals surface area contributed by atoms with Crippen LogP contribution in [-0.4, -0.2) is 50.7 Å². The highest BCUT2D eigenvalue weighted by Gasteiger charge is 2.15. The van der Waals surface area contributed by atoms with Gasteiger partial charge in [-0.3, -0.25) is 4.79 Å². The fourth-order valence-corrected chi connectivity index (χ4v) is 1.61. The van der Waals surface area contributed by atoms with Gasteiger partial charge in [-0.1, -0.05) is 11.6 Å². The first kappa shape index (κ1) is 12.2. The normalized spacial score (nSPS) is 16.4. The molecule has 4 heteroatoms. The van der Waals surface area contributed by atoms with E-state index < -0.39 is 0 Å². The third-order valence-corrected chi connectivity index (χ3v) is 2.44. The van der Waals surface area contributed by atoms with E-state index in [4.69, 9.17) is 4.74 Å². The first-order chi connectivity index (χ1) is 7.24. The minimum Gasteiger partial charge on any atom is -0.383 e. The molecule has 1 aliphatic heterocycles. The molecule has 0 aromatic carbocycles. The fraction of sp³-hybridized carbons (Fsp3) is 0.727. The Morgan fingerprint density at radius 1 is 1.67 bits per heavy atom. The van der Waals surface area contributed by atoms with Crippen LogP contribution in [0.5, 0.6) is 0 Å². The lowest BCUT2D eigenvalue weighted by Crippen LogP contribution is -2.41. The van der Waals surface area contributed by atoms with Crippen LogP contribution in [0.15, 0.2) is 11.6 Å². The Bertz CT molecular complexity index is 239. The zero-order chi connectivity index (χ0) is 11.1. The number of carbonyl (C=O) groups is 1. The van der Waals surface area contributed by atoms with Crippen molar-refractivity contribution in [1.29, 1.82) is 0 Å². The quantitative estimate of drug-likeness (QED) is 0.530. The molecule has 4 nitrogen and oxygen atoms in total. The number of amides is 1. The fourth-order valence-electron chi connectivity index (χ4n) is 1.61. The number of carbonyl (C=O) groups excluding carboxylic acids is 1. The van der Waals surface area contributed by atoms with Gasteiger partial charge in [-0.05, 0) is 13.3 Å². The number of nitrogens with zero attached hydrogens (tertiary/aromatic N) is 1. The molecule has 0 atom stereocenters. The van der Waals surface area contributed by atoms with E-state index in [0.717, 1.165) is 26.1 Å². The average molecular weight is 212 g/mol. The summed E-state index contributed by atoms with van der Waals surface area (Å²) >= 11 is 0. The summed E-state index contributed by atoms with van der Waals surface area (Å²) in [6.07, 6.45) is 3.18. The molecule has 0 bridgehead atoms. The number of methoxy groups -OCH3 is 1. The van der Waals surface area contributed by atoms with Gasteiger partial charge in [-0.2, -0.15) is 0 Å². The Hall–Kier alpha value is -0.870. The molecule has 0 spiro atoms. The summed E-state index contributed by atoms with van der Waals surface area (Å²) < 4.78 is 4.89. The van der Waals surface area contributed by atoms with Gasteiger partial charge < -0.3 is 15.0 Å². The van der Waals surface area contributed by atoms with Gasteiger partial charge in [0.15, 0.2) is 0 Å². The second-order valence-electron chi connectivity index (χ2n) is 3.82. The molecule has 1 rings (SSSR count). The maximum Gasteiger partial charge on any atom is 0.236 e. The van der Waals surface area contributed by atoms with Crippen LogP contribution >= 0.6 is 0 Å². The van der Waals surface area contributed by atoms with E-state index in [0.29, 0.717) is 13.2 Å². The average Bonchev–Trinajstić information content (AvgIpc) is 2.24. The first-order valence-corrected chi connectivity index (χ1v) is 5.37. The van der Waals surface area contributed by atoms with Gasteiger partial charge in [-0.25, -0.2) is 0 Å². The lowest BCUT2D eigenvalue weighted by Gasteiger charge is -2.26. The van der Waals surface area contributed by atoms with E-state index >= 15 is 0 Å². The summed E-state index contributed by atoms with van der Waals surface area (Å²) in [5.41, 5.74) is 1.28. The maximum absolute atomic E-state index is 11.7. The number of ether oxygens (including phenoxy) is 1. The van der Waals surface area contributed by atoms with Gasteiger partial charge in [0.05, 0.1) is 13.2 Å². The SMILES string of the molecule is COCCNCC(=O)N1CCC=C(C)C1. The number of hydrogen-bond donors (Lipinski definition) is 1. The second kappa shape index (κ2) is 6.58. The van der Waals surface area contributed by atoms with Crippen LogP contribution in [0, 0.1) is 0 Å². The predicted molar refractivity (Wildman–Crippen MR) is 59.7 cm³/mol. The Morgan fingerprint density at radius 2 is 2.47 bits per heavy atom. The highest BCUT2D eigenvalue weighted by molar-refractivity contribution is 5.78. The standard InChI is InChI=1S/C11H20N2O2/c1-10-4-3-6-13(9-10)11(14)8-12-5-7-15-2/h4,12H,3,5-9H2,1-2H3. The Kier molecular flexibility index (Phi) is 5.36. The molecule has 0 unspecified atom stereocenters. The third kappa shape index (κ3) is 4.44. The van der Waals surface area contributed by atoms with E-state index in [9.17, 15) is 4.79 Å². The molecule has 86 valence electrons. The largest absolute Gasteiger partial charge is 0.383 e. The highest BCUT2D eigenvalue weighted by atomic mass is 16.5. The van der Waals surface area contributed by atoms with E-state index in [2.05, 4.69) is 18.3 Å². The van der Waals surface area contributed by atoms with Gasteiger partial charge in [0, 0.05) is 26.7 Å². The molecule has 0 saturated heterocycles. The molecule has 0 saturated carbocycles. The maximum atomic E-state index is 11.7. The molecule has 0 aromatic rings. The molecule has 1 heterocycles. The number of hydrogen-bond acceptors (Lipinski definition) is 3. The molecular formula is C11H20N2O2. The summed E-state index contributed by atoms with van der Waals surface area (Å²) in [6.45, 7) is 5.48.